The molecule has 2 rings (SSSR count). The summed E-state index contributed by atoms with van der Waals surface area (Å²) in [6.45, 7) is 3.86. The van der Waals surface area contributed by atoms with Gasteiger partial charge in [0.2, 0.25) is 0 Å². The Hall–Kier alpha value is -1.06. The van der Waals surface area contributed by atoms with Crippen LogP contribution in [0.25, 0.3) is 5.69 Å². The van der Waals surface area contributed by atoms with Gasteiger partial charge in [0.1, 0.15) is 5.76 Å². The lowest BCUT2D eigenvalue weighted by atomic mass is 10.3. The first-order chi connectivity index (χ1) is 7.09. The number of nitrogens with zero attached hydrogens (tertiary/aromatic N) is 1. The van der Waals surface area contributed by atoms with Gasteiger partial charge in [0.25, 0.3) is 4.84 Å². The van der Waals surface area contributed by atoms with Crippen molar-refractivity contribution in [2.24, 2.45) is 0 Å². The molecule has 0 fully saturated rings. The molecule has 1 aromatic heterocycles. The normalized spacial score (nSPS) is 10.6. The van der Waals surface area contributed by atoms with E-state index in [9.17, 15) is 0 Å². The second-order valence-electron chi connectivity index (χ2n) is 3.32. The molecule has 2 nitrogen and oxygen atoms in total. The highest BCUT2D eigenvalue weighted by atomic mass is 35.5. The predicted octanol–water partition coefficient (Wildman–Crippen LogP) is 4.07. The molecule has 0 amide bonds. The summed E-state index contributed by atoms with van der Waals surface area (Å²) in [6.07, 6.45) is 0. The number of aryl methyl sites for hydroxylation is 1. The highest BCUT2D eigenvalue weighted by Crippen LogP contribution is 2.20. The van der Waals surface area contributed by atoms with Crippen LogP contribution in [0.3, 0.4) is 0 Å². The van der Waals surface area contributed by atoms with Gasteiger partial charge in [-0.3, -0.25) is 4.57 Å². The molecule has 0 atom stereocenters. The van der Waals surface area contributed by atoms with E-state index in [2.05, 4.69) is 0 Å². The molecule has 0 N–H and O–H groups in total. The van der Waals surface area contributed by atoms with Crippen molar-refractivity contribution < 1.29 is 4.42 Å². The van der Waals surface area contributed by atoms with E-state index in [0.29, 0.717) is 9.86 Å². The van der Waals surface area contributed by atoms with Crippen molar-refractivity contribution in [2.75, 3.05) is 0 Å². The van der Waals surface area contributed by atoms with Gasteiger partial charge >= 0.3 is 0 Å². The van der Waals surface area contributed by atoms with Crippen LogP contribution in [0, 0.1) is 18.7 Å². The van der Waals surface area contributed by atoms with Crippen molar-refractivity contribution in [3.63, 3.8) is 0 Å². The van der Waals surface area contributed by atoms with Gasteiger partial charge < -0.3 is 4.42 Å². The van der Waals surface area contributed by atoms with E-state index in [-0.39, 0.29) is 0 Å². The average Bonchev–Trinajstić information content (AvgIpc) is 2.41. The van der Waals surface area contributed by atoms with Crippen molar-refractivity contribution in [3.05, 3.63) is 45.6 Å². The van der Waals surface area contributed by atoms with Crippen LogP contribution in [0.2, 0.25) is 5.02 Å². The third kappa shape index (κ3) is 1.85. The van der Waals surface area contributed by atoms with Gasteiger partial charge in [-0.15, -0.1) is 0 Å². The summed E-state index contributed by atoms with van der Waals surface area (Å²) in [4.78, 5) is 0.451. The molecule has 0 bridgehead atoms. The molecule has 4 heteroatoms. The molecule has 15 heavy (non-hydrogen) atoms. The Kier molecular flexibility index (Phi) is 2.67. The number of halogens is 1. The Labute approximate surface area is 98.1 Å². The summed E-state index contributed by atoms with van der Waals surface area (Å²) in [5.41, 5.74) is 1.93. The van der Waals surface area contributed by atoms with Gasteiger partial charge in [0.05, 0.1) is 11.4 Å². The molecular formula is C11H10ClNOS. The molecule has 0 unspecified atom stereocenters. The van der Waals surface area contributed by atoms with Crippen LogP contribution in [0.1, 0.15) is 11.5 Å². The highest BCUT2D eigenvalue weighted by molar-refractivity contribution is 7.71. The average molecular weight is 240 g/mol. The molecule has 0 radical (unpaired) electrons. The van der Waals surface area contributed by atoms with Crippen LogP contribution in [0.5, 0.6) is 0 Å². The Morgan fingerprint density at radius 3 is 2.60 bits per heavy atom. The van der Waals surface area contributed by atoms with Crippen molar-refractivity contribution in [1.82, 2.24) is 4.57 Å². The number of hydrogen-bond acceptors (Lipinski definition) is 2. The summed E-state index contributed by atoms with van der Waals surface area (Å²) in [5.74, 6) is 0.833. The lowest BCUT2D eigenvalue weighted by Gasteiger charge is -2.04. The largest absolute Gasteiger partial charge is 0.434 e. The van der Waals surface area contributed by atoms with Gasteiger partial charge in [-0.25, -0.2) is 0 Å². The van der Waals surface area contributed by atoms with E-state index in [1.807, 2.05) is 42.7 Å². The molecule has 1 heterocycles. The Bertz CT molecular complexity index is 556. The summed E-state index contributed by atoms with van der Waals surface area (Å²) in [7, 11) is 0. The minimum atomic E-state index is 0.451. The Morgan fingerprint density at radius 2 is 2.07 bits per heavy atom. The molecule has 78 valence electrons. The standard InChI is InChI=1S/C11H10ClNOS/c1-7-8(2)14-11(15)13(7)10-5-3-4-9(12)6-10/h3-6H,1-2H3. The van der Waals surface area contributed by atoms with Crippen molar-refractivity contribution >= 4 is 23.8 Å². The fourth-order valence-electron chi connectivity index (χ4n) is 1.46. The molecule has 0 saturated heterocycles. The third-order valence-corrected chi connectivity index (χ3v) is 2.84. The van der Waals surface area contributed by atoms with E-state index in [1.165, 1.54) is 0 Å². The SMILES string of the molecule is Cc1oc(=S)n(-c2cccc(Cl)c2)c1C. The molecule has 0 aliphatic rings. The van der Waals surface area contributed by atoms with Crippen molar-refractivity contribution in [2.45, 2.75) is 13.8 Å². The second kappa shape index (κ2) is 3.83. The maximum absolute atomic E-state index is 5.93. The quantitative estimate of drug-likeness (QED) is 0.699. The Balaban J connectivity index is 2.69. The summed E-state index contributed by atoms with van der Waals surface area (Å²) >= 11 is 11.1. The van der Waals surface area contributed by atoms with Gasteiger partial charge in [0, 0.05) is 5.02 Å². The van der Waals surface area contributed by atoms with Crippen LogP contribution in [0.15, 0.2) is 28.7 Å². The fourth-order valence-corrected chi connectivity index (χ4v) is 2.01. The summed E-state index contributed by atoms with van der Waals surface area (Å²) in [6, 6.07) is 7.53. The zero-order valence-corrected chi connectivity index (χ0v) is 10.0. The van der Waals surface area contributed by atoms with Crippen LogP contribution >= 0.6 is 23.8 Å². The van der Waals surface area contributed by atoms with Crippen LogP contribution < -0.4 is 0 Å². The first-order valence-corrected chi connectivity index (χ1v) is 5.33. The maximum atomic E-state index is 5.93. The molecule has 0 saturated carbocycles. The number of rotatable bonds is 1. The van der Waals surface area contributed by atoms with Crippen LogP contribution in [0.4, 0.5) is 0 Å². The Morgan fingerprint density at radius 1 is 1.33 bits per heavy atom. The number of aromatic nitrogens is 1. The minimum Gasteiger partial charge on any atom is -0.434 e. The zero-order valence-electron chi connectivity index (χ0n) is 8.45. The van der Waals surface area contributed by atoms with Crippen LogP contribution in [-0.4, -0.2) is 4.57 Å². The molecule has 0 spiro atoms. The molecule has 0 aliphatic heterocycles. The maximum Gasteiger partial charge on any atom is 0.273 e. The van der Waals surface area contributed by atoms with Crippen LogP contribution in [-0.2, 0) is 0 Å². The third-order valence-electron chi connectivity index (χ3n) is 2.33. The number of oxazole rings is 1. The van der Waals surface area contributed by atoms with Crippen molar-refractivity contribution in [3.8, 4) is 5.69 Å². The highest BCUT2D eigenvalue weighted by Gasteiger charge is 2.08. The smallest absolute Gasteiger partial charge is 0.273 e. The van der Waals surface area contributed by atoms with E-state index in [4.69, 9.17) is 28.2 Å². The number of hydrogen-bond donors (Lipinski definition) is 0. The zero-order chi connectivity index (χ0) is 11.0. The lowest BCUT2D eigenvalue weighted by molar-refractivity contribution is 0.503. The van der Waals surface area contributed by atoms with Crippen molar-refractivity contribution in [1.29, 1.82) is 0 Å². The fraction of sp³-hybridized carbons (Fsp3) is 0.182. The van der Waals surface area contributed by atoms with E-state index < -0.39 is 0 Å². The van der Waals surface area contributed by atoms with E-state index >= 15 is 0 Å². The summed E-state index contributed by atoms with van der Waals surface area (Å²) in [5, 5.41) is 0.688. The summed E-state index contributed by atoms with van der Waals surface area (Å²) < 4.78 is 7.25. The first kappa shape index (κ1) is 10.5. The predicted molar refractivity (Wildman–Crippen MR) is 63.4 cm³/mol. The molecule has 0 aliphatic carbocycles. The minimum absolute atomic E-state index is 0.451. The van der Waals surface area contributed by atoms with Gasteiger partial charge in [-0.05, 0) is 44.3 Å². The molecular weight excluding hydrogens is 230 g/mol. The van der Waals surface area contributed by atoms with E-state index in [0.717, 1.165) is 17.1 Å². The first-order valence-electron chi connectivity index (χ1n) is 4.54. The second-order valence-corrected chi connectivity index (χ2v) is 4.11. The van der Waals surface area contributed by atoms with Gasteiger partial charge in [0.15, 0.2) is 0 Å². The topological polar surface area (TPSA) is 18.1 Å². The van der Waals surface area contributed by atoms with Gasteiger partial charge in [-0.1, -0.05) is 17.7 Å². The lowest BCUT2D eigenvalue weighted by Crippen LogP contribution is -1.96. The molecule has 1 aromatic carbocycles. The monoisotopic (exact) mass is 239 g/mol. The number of benzene rings is 1. The van der Waals surface area contributed by atoms with E-state index in [1.54, 1.807) is 0 Å². The van der Waals surface area contributed by atoms with Gasteiger partial charge in [-0.2, -0.15) is 0 Å². The molecule has 2 aromatic rings.